The van der Waals surface area contributed by atoms with E-state index in [0.717, 1.165) is 11.1 Å². The van der Waals surface area contributed by atoms with E-state index in [4.69, 9.17) is 33.7 Å². The van der Waals surface area contributed by atoms with Gasteiger partial charge in [-0.1, -0.05) is 23.2 Å². The van der Waals surface area contributed by atoms with Gasteiger partial charge in [-0.25, -0.2) is 0 Å². The Kier molecular flexibility index (Phi) is 4.45. The lowest BCUT2D eigenvalue weighted by atomic mass is 10.0. The maximum atomic E-state index is 6.16. The molecule has 1 unspecified atom stereocenters. The van der Waals surface area contributed by atoms with Crippen LogP contribution in [0.4, 0.5) is 0 Å². The fourth-order valence-corrected chi connectivity index (χ4v) is 3.15. The summed E-state index contributed by atoms with van der Waals surface area (Å²) in [4.78, 5) is 4.11. The Morgan fingerprint density at radius 3 is 2.78 bits per heavy atom. The first-order chi connectivity index (χ1) is 8.61. The van der Waals surface area contributed by atoms with Gasteiger partial charge in [0.15, 0.2) is 0 Å². The predicted octanol–water partition coefficient (Wildman–Crippen LogP) is 3.90. The van der Waals surface area contributed by atoms with Crippen LogP contribution < -0.4 is 10.5 Å². The fraction of sp³-hybridized carbons (Fsp3) is 0.250. The van der Waals surface area contributed by atoms with Gasteiger partial charge in [0.2, 0.25) is 0 Å². The van der Waals surface area contributed by atoms with E-state index in [1.54, 1.807) is 18.5 Å². The van der Waals surface area contributed by atoms with Crippen LogP contribution in [0, 0.1) is 0 Å². The lowest BCUT2D eigenvalue weighted by molar-refractivity contribution is 0.338. The topological polar surface area (TPSA) is 48.1 Å². The van der Waals surface area contributed by atoms with Crippen LogP contribution in [0.3, 0.4) is 0 Å². The largest absolute Gasteiger partial charge is 0.492 e. The summed E-state index contributed by atoms with van der Waals surface area (Å²) in [6.45, 7) is 2.51. The zero-order valence-electron chi connectivity index (χ0n) is 9.69. The highest BCUT2D eigenvalue weighted by Crippen LogP contribution is 2.36. The van der Waals surface area contributed by atoms with E-state index < -0.39 is 0 Å². The lowest BCUT2D eigenvalue weighted by Crippen LogP contribution is -2.12. The van der Waals surface area contributed by atoms with Crippen molar-refractivity contribution in [2.24, 2.45) is 5.73 Å². The van der Waals surface area contributed by atoms with Gasteiger partial charge >= 0.3 is 0 Å². The maximum Gasteiger partial charge on any atom is 0.137 e. The standard InChI is InChI=1S/C12H12Cl2N2OS/c1-2-17-8-3-7(5-16-6-8)11(15)9-4-10(13)18-12(9)14/h3-6,11H,2,15H2,1H3. The number of halogens is 2. The van der Waals surface area contributed by atoms with Crippen molar-refractivity contribution in [3.05, 3.63) is 44.3 Å². The van der Waals surface area contributed by atoms with Crippen LogP contribution in [0.2, 0.25) is 8.67 Å². The Hall–Kier alpha value is -0.810. The molecule has 0 radical (unpaired) electrons. The number of aromatic nitrogens is 1. The molecule has 2 N–H and O–H groups in total. The van der Waals surface area contributed by atoms with Gasteiger partial charge in [0, 0.05) is 11.8 Å². The van der Waals surface area contributed by atoms with E-state index >= 15 is 0 Å². The molecular formula is C12H12Cl2N2OS. The minimum Gasteiger partial charge on any atom is -0.492 e. The highest BCUT2D eigenvalue weighted by molar-refractivity contribution is 7.20. The Bertz CT molecular complexity index is 545. The molecule has 3 nitrogen and oxygen atoms in total. The third kappa shape index (κ3) is 2.95. The van der Waals surface area contributed by atoms with Gasteiger partial charge in [-0.15, -0.1) is 11.3 Å². The SMILES string of the molecule is CCOc1cncc(C(N)c2cc(Cl)sc2Cl)c1. The molecule has 0 aliphatic rings. The molecule has 0 amide bonds. The number of ether oxygens (including phenoxy) is 1. The minimum absolute atomic E-state index is 0.353. The van der Waals surface area contributed by atoms with Crippen LogP contribution >= 0.6 is 34.5 Å². The third-order valence-electron chi connectivity index (χ3n) is 2.42. The van der Waals surface area contributed by atoms with Gasteiger partial charge in [0.05, 0.1) is 27.5 Å². The second-order valence-corrected chi connectivity index (χ2v) is 5.93. The monoisotopic (exact) mass is 302 g/mol. The maximum absolute atomic E-state index is 6.16. The zero-order chi connectivity index (χ0) is 13.1. The molecule has 0 spiro atoms. The van der Waals surface area contributed by atoms with E-state index in [1.165, 1.54) is 11.3 Å². The number of hydrogen-bond donors (Lipinski definition) is 1. The smallest absolute Gasteiger partial charge is 0.137 e. The van der Waals surface area contributed by atoms with Gasteiger partial charge in [-0.3, -0.25) is 4.98 Å². The highest BCUT2D eigenvalue weighted by atomic mass is 35.5. The summed E-state index contributed by atoms with van der Waals surface area (Å²) < 4.78 is 6.62. The molecule has 0 saturated heterocycles. The summed E-state index contributed by atoms with van der Waals surface area (Å²) in [5.41, 5.74) is 7.82. The Morgan fingerprint density at radius 2 is 2.17 bits per heavy atom. The first kappa shape index (κ1) is 13.6. The van der Waals surface area contributed by atoms with E-state index in [9.17, 15) is 0 Å². The Labute approximate surface area is 120 Å². The van der Waals surface area contributed by atoms with Crippen molar-refractivity contribution in [3.8, 4) is 5.75 Å². The normalized spacial score (nSPS) is 12.4. The number of nitrogens with zero attached hydrogens (tertiary/aromatic N) is 1. The summed E-state index contributed by atoms with van der Waals surface area (Å²) in [7, 11) is 0. The van der Waals surface area contributed by atoms with Crippen molar-refractivity contribution in [2.75, 3.05) is 6.61 Å². The second-order valence-electron chi connectivity index (χ2n) is 3.64. The molecule has 96 valence electrons. The Morgan fingerprint density at radius 1 is 1.39 bits per heavy atom. The number of rotatable bonds is 4. The first-order valence-electron chi connectivity index (χ1n) is 5.40. The average Bonchev–Trinajstić information content (AvgIpc) is 2.68. The highest BCUT2D eigenvalue weighted by Gasteiger charge is 2.16. The molecule has 0 saturated carbocycles. The number of pyridine rings is 1. The predicted molar refractivity (Wildman–Crippen MR) is 75.8 cm³/mol. The van der Waals surface area contributed by atoms with Crippen LogP contribution in [0.5, 0.6) is 5.75 Å². The van der Waals surface area contributed by atoms with Crippen molar-refractivity contribution in [3.63, 3.8) is 0 Å². The summed E-state index contributed by atoms with van der Waals surface area (Å²) in [6, 6.07) is 3.30. The number of thiophene rings is 1. The molecule has 6 heteroatoms. The van der Waals surface area contributed by atoms with Crippen molar-refractivity contribution in [1.29, 1.82) is 0 Å². The van der Waals surface area contributed by atoms with Crippen molar-refractivity contribution in [2.45, 2.75) is 13.0 Å². The van der Waals surface area contributed by atoms with Crippen molar-refractivity contribution < 1.29 is 4.74 Å². The Balaban J connectivity index is 2.30. The number of hydrogen-bond acceptors (Lipinski definition) is 4. The van der Waals surface area contributed by atoms with Gasteiger partial charge in [-0.05, 0) is 24.6 Å². The number of nitrogens with two attached hydrogens (primary N) is 1. The van der Waals surface area contributed by atoms with E-state index in [1.807, 2.05) is 13.0 Å². The molecule has 0 aromatic carbocycles. The van der Waals surface area contributed by atoms with E-state index in [0.29, 0.717) is 21.0 Å². The molecule has 2 rings (SSSR count). The quantitative estimate of drug-likeness (QED) is 0.932. The second kappa shape index (κ2) is 5.89. The zero-order valence-corrected chi connectivity index (χ0v) is 12.0. The molecular weight excluding hydrogens is 291 g/mol. The minimum atomic E-state index is -0.353. The lowest BCUT2D eigenvalue weighted by Gasteiger charge is -2.12. The fourth-order valence-electron chi connectivity index (χ4n) is 1.60. The van der Waals surface area contributed by atoms with Gasteiger partial charge < -0.3 is 10.5 Å². The van der Waals surface area contributed by atoms with Crippen LogP contribution in [0.1, 0.15) is 24.1 Å². The molecule has 18 heavy (non-hydrogen) atoms. The van der Waals surface area contributed by atoms with Crippen LogP contribution in [-0.2, 0) is 0 Å². The van der Waals surface area contributed by atoms with E-state index in [-0.39, 0.29) is 6.04 Å². The molecule has 0 aliphatic heterocycles. The molecule has 0 bridgehead atoms. The molecule has 1 atom stereocenters. The molecule has 0 aliphatic carbocycles. The molecule has 0 fully saturated rings. The summed E-state index contributed by atoms with van der Waals surface area (Å²) in [6.07, 6.45) is 3.36. The van der Waals surface area contributed by atoms with Crippen LogP contribution in [-0.4, -0.2) is 11.6 Å². The summed E-state index contributed by atoms with van der Waals surface area (Å²) >= 11 is 13.3. The molecule has 2 aromatic rings. The summed E-state index contributed by atoms with van der Waals surface area (Å²) in [5.74, 6) is 0.697. The average molecular weight is 303 g/mol. The van der Waals surface area contributed by atoms with Crippen molar-refractivity contribution in [1.82, 2.24) is 4.98 Å². The third-order valence-corrected chi connectivity index (χ3v) is 3.94. The van der Waals surface area contributed by atoms with Gasteiger partial charge in [-0.2, -0.15) is 0 Å². The molecule has 2 heterocycles. The van der Waals surface area contributed by atoms with E-state index in [2.05, 4.69) is 4.98 Å². The van der Waals surface area contributed by atoms with Crippen molar-refractivity contribution >= 4 is 34.5 Å². The van der Waals surface area contributed by atoms with Crippen LogP contribution in [0.25, 0.3) is 0 Å². The van der Waals surface area contributed by atoms with Gasteiger partial charge in [0.1, 0.15) is 5.75 Å². The first-order valence-corrected chi connectivity index (χ1v) is 6.97. The summed E-state index contributed by atoms with van der Waals surface area (Å²) in [5, 5.41) is 0. The van der Waals surface area contributed by atoms with Crippen LogP contribution in [0.15, 0.2) is 24.5 Å². The van der Waals surface area contributed by atoms with Gasteiger partial charge in [0.25, 0.3) is 0 Å². The molecule has 2 aromatic heterocycles.